The lowest BCUT2D eigenvalue weighted by atomic mass is 9.67. The Hall–Kier alpha value is -1.78. The summed E-state index contributed by atoms with van der Waals surface area (Å²) in [6, 6.07) is 6.63. The molecule has 4 rings (SSSR count). The number of fused-ring (bicyclic) bond motifs is 1. The summed E-state index contributed by atoms with van der Waals surface area (Å²) in [6.07, 6.45) is 6.33. The highest BCUT2D eigenvalue weighted by atomic mass is 35.5. The molecule has 2 aliphatic heterocycles. The third-order valence-electron chi connectivity index (χ3n) is 6.27. The quantitative estimate of drug-likeness (QED) is 0.579. The van der Waals surface area contributed by atoms with Gasteiger partial charge in [-0.2, -0.15) is 0 Å². The Kier molecular flexibility index (Phi) is 5.76. The van der Waals surface area contributed by atoms with Crippen molar-refractivity contribution in [1.29, 1.82) is 0 Å². The largest absolute Gasteiger partial charge is 0.466 e. The van der Waals surface area contributed by atoms with Crippen LogP contribution in [0.2, 0.25) is 0 Å². The minimum absolute atomic E-state index is 0.0301. The number of hydrogen-bond acceptors (Lipinski definition) is 4. The number of nitrogens with zero attached hydrogens (tertiary/aromatic N) is 2. The molecular formula is C23H26Cl2N2O2. The van der Waals surface area contributed by atoms with Crippen LogP contribution >= 0.6 is 23.2 Å². The fourth-order valence-electron chi connectivity index (χ4n) is 4.73. The van der Waals surface area contributed by atoms with Crippen molar-refractivity contribution in [3.8, 4) is 0 Å². The van der Waals surface area contributed by atoms with Gasteiger partial charge in [-0.1, -0.05) is 47.0 Å². The van der Waals surface area contributed by atoms with Crippen LogP contribution in [0.3, 0.4) is 0 Å². The summed E-state index contributed by atoms with van der Waals surface area (Å²) < 4.78 is 5.29. The zero-order valence-electron chi connectivity index (χ0n) is 17.0. The minimum Gasteiger partial charge on any atom is -0.466 e. The molecule has 0 N–H and O–H groups in total. The fourth-order valence-corrected chi connectivity index (χ4v) is 5.27. The first-order valence-electron chi connectivity index (χ1n) is 10.2. The van der Waals surface area contributed by atoms with E-state index in [0.29, 0.717) is 16.7 Å². The van der Waals surface area contributed by atoms with Crippen LogP contribution < -0.4 is 0 Å². The molecule has 1 aromatic carbocycles. The van der Waals surface area contributed by atoms with Crippen LogP contribution in [0.25, 0.3) is 0 Å². The zero-order valence-corrected chi connectivity index (χ0v) is 18.5. The molecule has 29 heavy (non-hydrogen) atoms. The lowest BCUT2D eigenvalue weighted by Gasteiger charge is -2.46. The monoisotopic (exact) mass is 432 g/mol. The summed E-state index contributed by atoms with van der Waals surface area (Å²) in [5.41, 5.74) is 3.71. The maximum absolute atomic E-state index is 12.4. The van der Waals surface area contributed by atoms with Gasteiger partial charge < -0.3 is 9.64 Å². The second-order valence-electron chi connectivity index (χ2n) is 8.14. The van der Waals surface area contributed by atoms with Crippen LogP contribution in [0.1, 0.15) is 48.9 Å². The van der Waals surface area contributed by atoms with Crippen molar-refractivity contribution >= 4 is 35.0 Å². The number of allylic oxidation sites excluding steroid dienone is 2. The van der Waals surface area contributed by atoms with E-state index >= 15 is 0 Å². The summed E-state index contributed by atoms with van der Waals surface area (Å²) in [7, 11) is 0. The molecular weight excluding hydrogens is 407 g/mol. The number of aliphatic imine (C=N–C) groups is 1. The number of rotatable bonds is 4. The van der Waals surface area contributed by atoms with Crippen molar-refractivity contribution in [3.05, 3.63) is 57.2 Å². The van der Waals surface area contributed by atoms with Crippen LogP contribution in [0, 0.1) is 25.7 Å². The maximum Gasteiger partial charge on any atom is 0.309 e. The number of ether oxygens (including phenoxy) is 1. The lowest BCUT2D eigenvalue weighted by Crippen LogP contribution is -2.47. The molecule has 0 saturated heterocycles. The first-order chi connectivity index (χ1) is 13.9. The van der Waals surface area contributed by atoms with E-state index in [4.69, 9.17) is 32.9 Å². The molecule has 1 fully saturated rings. The molecule has 1 aliphatic carbocycles. The Morgan fingerprint density at radius 2 is 2.07 bits per heavy atom. The number of amidine groups is 1. The highest BCUT2D eigenvalue weighted by Gasteiger charge is 2.46. The Bertz CT molecular complexity index is 921. The van der Waals surface area contributed by atoms with E-state index in [-0.39, 0.29) is 29.9 Å². The van der Waals surface area contributed by atoms with Crippen molar-refractivity contribution in [2.24, 2.45) is 16.8 Å². The second kappa shape index (κ2) is 8.16. The smallest absolute Gasteiger partial charge is 0.309 e. The number of esters is 1. The molecule has 2 heterocycles. The summed E-state index contributed by atoms with van der Waals surface area (Å²) in [5.74, 6) is 0.776. The van der Waals surface area contributed by atoms with Crippen molar-refractivity contribution in [1.82, 2.24) is 4.90 Å². The Balaban J connectivity index is 1.70. The molecule has 0 spiro atoms. The molecule has 1 aromatic rings. The summed E-state index contributed by atoms with van der Waals surface area (Å²) in [4.78, 5) is 19.4. The third kappa shape index (κ3) is 3.85. The number of carbonyl (C=O) groups is 1. The van der Waals surface area contributed by atoms with E-state index in [1.54, 1.807) is 6.08 Å². The van der Waals surface area contributed by atoms with Gasteiger partial charge in [0.25, 0.3) is 0 Å². The van der Waals surface area contributed by atoms with Gasteiger partial charge in [0.1, 0.15) is 5.84 Å². The van der Waals surface area contributed by atoms with E-state index in [1.165, 1.54) is 16.7 Å². The van der Waals surface area contributed by atoms with Gasteiger partial charge in [0, 0.05) is 6.20 Å². The normalized spacial score (nSPS) is 28.6. The summed E-state index contributed by atoms with van der Waals surface area (Å²) in [5, 5.41) is 1.14. The predicted molar refractivity (Wildman–Crippen MR) is 117 cm³/mol. The van der Waals surface area contributed by atoms with Gasteiger partial charge in [0.15, 0.2) is 0 Å². The average Bonchev–Trinajstić information content (AvgIpc) is 2.61. The maximum atomic E-state index is 12.4. The van der Waals surface area contributed by atoms with Crippen LogP contribution in [-0.4, -0.2) is 29.4 Å². The first-order valence-corrected chi connectivity index (χ1v) is 11.0. The summed E-state index contributed by atoms with van der Waals surface area (Å²) in [6.45, 7) is 6.50. The first kappa shape index (κ1) is 20.5. The minimum atomic E-state index is -0.0948. The second-order valence-corrected chi connectivity index (χ2v) is 8.99. The van der Waals surface area contributed by atoms with Crippen molar-refractivity contribution < 1.29 is 9.53 Å². The molecule has 0 bridgehead atoms. The van der Waals surface area contributed by atoms with Crippen LogP contribution in [0.15, 0.2) is 45.5 Å². The van der Waals surface area contributed by atoms with Crippen molar-refractivity contribution in [2.45, 2.75) is 52.1 Å². The molecule has 154 valence electrons. The van der Waals surface area contributed by atoms with Gasteiger partial charge in [-0.25, -0.2) is 0 Å². The zero-order chi connectivity index (χ0) is 20.7. The highest BCUT2D eigenvalue weighted by molar-refractivity contribution is 6.45. The molecule has 4 unspecified atom stereocenters. The van der Waals surface area contributed by atoms with Crippen molar-refractivity contribution in [3.63, 3.8) is 0 Å². The van der Waals surface area contributed by atoms with E-state index < -0.39 is 0 Å². The van der Waals surface area contributed by atoms with E-state index in [2.05, 4.69) is 36.9 Å². The average molecular weight is 433 g/mol. The molecule has 0 aromatic heterocycles. The third-order valence-corrected chi connectivity index (χ3v) is 6.75. The number of aryl methyl sites for hydroxylation is 2. The number of hydrogen-bond donors (Lipinski definition) is 0. The number of halogens is 2. The highest BCUT2D eigenvalue weighted by Crippen LogP contribution is 2.46. The molecule has 4 nitrogen and oxygen atoms in total. The molecule has 6 heteroatoms. The van der Waals surface area contributed by atoms with Crippen LogP contribution in [0.5, 0.6) is 0 Å². The van der Waals surface area contributed by atoms with Crippen LogP contribution in [-0.2, 0) is 9.53 Å². The summed E-state index contributed by atoms with van der Waals surface area (Å²) >= 11 is 12.9. The number of carbonyl (C=O) groups excluding carboxylic acids is 1. The van der Waals surface area contributed by atoms with Gasteiger partial charge in [0.05, 0.1) is 34.7 Å². The molecule has 0 radical (unpaired) electrons. The van der Waals surface area contributed by atoms with Crippen LogP contribution in [0.4, 0.5) is 0 Å². The number of benzene rings is 1. The Morgan fingerprint density at radius 3 is 2.72 bits per heavy atom. The lowest BCUT2D eigenvalue weighted by molar-refractivity contribution is -0.155. The van der Waals surface area contributed by atoms with Crippen molar-refractivity contribution in [2.75, 3.05) is 6.61 Å². The van der Waals surface area contributed by atoms with E-state index in [9.17, 15) is 4.79 Å². The van der Waals surface area contributed by atoms with Gasteiger partial charge in [0.2, 0.25) is 0 Å². The van der Waals surface area contributed by atoms with E-state index in [1.807, 2.05) is 13.1 Å². The van der Waals surface area contributed by atoms with Gasteiger partial charge in [-0.05, 0) is 63.2 Å². The topological polar surface area (TPSA) is 41.9 Å². The molecule has 4 atom stereocenters. The van der Waals surface area contributed by atoms with Gasteiger partial charge >= 0.3 is 5.97 Å². The molecule has 0 amide bonds. The Morgan fingerprint density at radius 1 is 1.28 bits per heavy atom. The molecule has 3 aliphatic rings. The molecule has 1 saturated carbocycles. The SMILES string of the molecule is CCOC(=O)C1CCC1C1CC(c2ccc(C)cc2C)N2C=C(Cl)C=C(Cl)C2=N1. The predicted octanol–water partition coefficient (Wildman–Crippen LogP) is 5.62. The fraction of sp³-hybridized carbons (Fsp3) is 0.478. The van der Waals surface area contributed by atoms with Gasteiger partial charge in [-0.15, -0.1) is 0 Å². The van der Waals surface area contributed by atoms with Gasteiger partial charge in [-0.3, -0.25) is 9.79 Å². The Labute approximate surface area is 182 Å². The van der Waals surface area contributed by atoms with E-state index in [0.717, 1.165) is 25.1 Å². The standard InChI is InChI=1S/C23H26Cl2N2O2/c1-4-29-23(28)18-8-7-17(18)20-11-21(16-6-5-13(2)9-14(16)3)27-12-15(24)10-19(25)22(27)26-20/h5-6,9-10,12,17-18,20-21H,4,7-8,11H2,1-3H3.